The Balaban J connectivity index is 1.23. The summed E-state index contributed by atoms with van der Waals surface area (Å²) in [5.41, 5.74) is 14.1. The molecule has 2 aromatic heterocycles. The number of aromatic nitrogens is 3. The lowest BCUT2D eigenvalue weighted by Gasteiger charge is -2.40. The molecule has 234 valence electrons. The second-order valence-electron chi connectivity index (χ2n) is 12.7. The summed E-state index contributed by atoms with van der Waals surface area (Å²) in [7, 11) is 0. The Bertz CT molecular complexity index is 2480. The van der Waals surface area contributed by atoms with Gasteiger partial charge in [0.05, 0.1) is 22.5 Å². The van der Waals surface area contributed by atoms with E-state index in [0.717, 1.165) is 39.3 Å². The van der Waals surface area contributed by atoms with Crippen molar-refractivity contribution in [2.75, 3.05) is 0 Å². The van der Waals surface area contributed by atoms with Crippen LogP contribution >= 0.6 is 11.8 Å². The van der Waals surface area contributed by atoms with Crippen molar-refractivity contribution >= 4 is 11.8 Å². The minimum atomic E-state index is -0.453. The summed E-state index contributed by atoms with van der Waals surface area (Å²) in [6.07, 6.45) is 1.90. The van der Waals surface area contributed by atoms with E-state index < -0.39 is 5.41 Å². The van der Waals surface area contributed by atoms with Crippen LogP contribution in [0.1, 0.15) is 22.3 Å². The number of benzene rings is 6. The van der Waals surface area contributed by atoms with Crippen LogP contribution in [0.15, 0.2) is 186 Å². The minimum Gasteiger partial charge on any atom is -0.256 e. The highest BCUT2D eigenvalue weighted by Gasteiger charge is 2.50. The van der Waals surface area contributed by atoms with Crippen molar-refractivity contribution in [3.8, 4) is 56.3 Å². The zero-order chi connectivity index (χ0) is 33.1. The molecule has 0 fully saturated rings. The summed E-state index contributed by atoms with van der Waals surface area (Å²) < 4.78 is 0. The largest absolute Gasteiger partial charge is 0.256 e. The van der Waals surface area contributed by atoms with Gasteiger partial charge in [0.2, 0.25) is 0 Å². The summed E-state index contributed by atoms with van der Waals surface area (Å²) in [4.78, 5) is 17.9. The number of rotatable bonds is 4. The molecule has 3 nitrogen and oxygen atoms in total. The molecule has 0 radical (unpaired) electrons. The molecule has 0 saturated carbocycles. The lowest BCUT2D eigenvalue weighted by Crippen LogP contribution is -2.32. The molecule has 0 atom stereocenters. The average Bonchev–Trinajstić information content (AvgIpc) is 3.49. The van der Waals surface area contributed by atoms with E-state index >= 15 is 0 Å². The lowest BCUT2D eigenvalue weighted by atomic mass is 9.67. The minimum absolute atomic E-state index is 0.453. The van der Waals surface area contributed by atoms with Crippen LogP contribution in [0, 0.1) is 0 Å². The van der Waals surface area contributed by atoms with E-state index in [1.54, 1.807) is 0 Å². The molecule has 0 bridgehead atoms. The first-order valence-corrected chi connectivity index (χ1v) is 17.7. The van der Waals surface area contributed by atoms with Gasteiger partial charge in [0.25, 0.3) is 0 Å². The molecule has 0 N–H and O–H groups in total. The van der Waals surface area contributed by atoms with E-state index in [1.165, 1.54) is 43.2 Å². The Morgan fingerprint density at radius 1 is 0.420 bits per heavy atom. The first-order valence-electron chi connectivity index (χ1n) is 16.9. The molecule has 1 aliphatic carbocycles. The average molecular weight is 656 g/mol. The molecule has 0 saturated heterocycles. The van der Waals surface area contributed by atoms with Crippen LogP contribution in [-0.4, -0.2) is 15.0 Å². The maximum atomic E-state index is 5.21. The summed E-state index contributed by atoms with van der Waals surface area (Å²) in [5.74, 6) is 0.688. The Labute approximate surface area is 295 Å². The third-order valence-corrected chi connectivity index (χ3v) is 11.3. The van der Waals surface area contributed by atoms with Crippen molar-refractivity contribution in [3.05, 3.63) is 198 Å². The Hall–Kier alpha value is -6.10. The third kappa shape index (κ3) is 4.28. The fraction of sp³-hybridized carbons (Fsp3) is 0.0217. The van der Waals surface area contributed by atoms with Crippen molar-refractivity contribution in [1.29, 1.82) is 0 Å². The highest BCUT2D eigenvalue weighted by Crippen LogP contribution is 2.63. The number of hydrogen-bond donors (Lipinski definition) is 0. The zero-order valence-corrected chi connectivity index (χ0v) is 27.8. The maximum absolute atomic E-state index is 5.21. The van der Waals surface area contributed by atoms with Gasteiger partial charge in [0.15, 0.2) is 5.82 Å². The first-order chi connectivity index (χ1) is 24.8. The van der Waals surface area contributed by atoms with Gasteiger partial charge in [0, 0.05) is 38.2 Å². The van der Waals surface area contributed by atoms with Crippen LogP contribution < -0.4 is 0 Å². The van der Waals surface area contributed by atoms with E-state index in [-0.39, 0.29) is 0 Å². The van der Waals surface area contributed by atoms with Crippen LogP contribution in [0.4, 0.5) is 0 Å². The van der Waals surface area contributed by atoms with Gasteiger partial charge in [-0.15, -0.1) is 0 Å². The monoisotopic (exact) mass is 655 g/mol. The number of nitrogens with zero attached hydrogens (tertiary/aromatic N) is 3. The molecular formula is C46H29N3S. The van der Waals surface area contributed by atoms with Gasteiger partial charge in [-0.05, 0) is 57.6 Å². The molecule has 1 aliphatic heterocycles. The van der Waals surface area contributed by atoms with Crippen molar-refractivity contribution in [1.82, 2.24) is 15.0 Å². The van der Waals surface area contributed by atoms with Crippen molar-refractivity contribution < 1.29 is 0 Å². The summed E-state index contributed by atoms with van der Waals surface area (Å²) in [5, 5.41) is 0. The predicted octanol–water partition coefficient (Wildman–Crippen LogP) is 11.4. The SMILES string of the molecule is c1ccc(-c2cc(-c3cccnc3-c3cccc4c3Sc3ccccc3C43c4ccccc4-c4ccccc43)nc(-c3ccccc3)n2)cc1. The number of fused-ring (bicyclic) bond motifs is 9. The van der Waals surface area contributed by atoms with E-state index in [2.05, 4.69) is 140 Å². The van der Waals surface area contributed by atoms with Crippen LogP contribution in [0.5, 0.6) is 0 Å². The first kappa shape index (κ1) is 28.9. The number of hydrogen-bond acceptors (Lipinski definition) is 4. The zero-order valence-electron chi connectivity index (χ0n) is 27.0. The highest BCUT2D eigenvalue weighted by atomic mass is 32.2. The molecule has 50 heavy (non-hydrogen) atoms. The van der Waals surface area contributed by atoms with Crippen LogP contribution in [0.2, 0.25) is 0 Å². The van der Waals surface area contributed by atoms with Crippen molar-refractivity contribution in [2.45, 2.75) is 15.2 Å². The lowest BCUT2D eigenvalue weighted by molar-refractivity contribution is 0.723. The summed E-state index contributed by atoms with van der Waals surface area (Å²) in [6, 6.07) is 60.4. The van der Waals surface area contributed by atoms with Gasteiger partial charge in [-0.2, -0.15) is 0 Å². The van der Waals surface area contributed by atoms with Gasteiger partial charge >= 0.3 is 0 Å². The summed E-state index contributed by atoms with van der Waals surface area (Å²) in [6.45, 7) is 0. The molecule has 1 spiro atoms. The second kappa shape index (κ2) is 11.5. The number of pyridine rings is 1. The van der Waals surface area contributed by atoms with Crippen LogP contribution in [0.25, 0.3) is 56.3 Å². The quantitative estimate of drug-likeness (QED) is 0.189. The molecule has 0 amide bonds. The fourth-order valence-electron chi connectivity index (χ4n) is 7.95. The molecule has 6 aromatic carbocycles. The van der Waals surface area contributed by atoms with E-state index in [1.807, 2.05) is 48.3 Å². The van der Waals surface area contributed by atoms with Gasteiger partial charge in [-0.3, -0.25) is 4.98 Å². The van der Waals surface area contributed by atoms with E-state index in [0.29, 0.717) is 5.82 Å². The van der Waals surface area contributed by atoms with Gasteiger partial charge < -0.3 is 0 Å². The molecular weight excluding hydrogens is 627 g/mol. The topological polar surface area (TPSA) is 38.7 Å². The van der Waals surface area contributed by atoms with E-state index in [9.17, 15) is 0 Å². The van der Waals surface area contributed by atoms with Gasteiger partial charge in [-0.1, -0.05) is 157 Å². The smallest absolute Gasteiger partial charge is 0.160 e. The highest BCUT2D eigenvalue weighted by molar-refractivity contribution is 7.99. The van der Waals surface area contributed by atoms with Crippen molar-refractivity contribution in [3.63, 3.8) is 0 Å². The van der Waals surface area contributed by atoms with E-state index in [4.69, 9.17) is 15.0 Å². The molecule has 3 heterocycles. The standard InChI is InChI=1S/C46H29N3S/c1-3-15-30(16-4-1)40-29-41(49-45(48-40)31-17-5-2-6-18-31)34-22-14-28-47-43(34)35-21-13-26-39-44(35)50-42-27-12-11-25-38(42)46(39)36-23-9-7-19-32(36)33-20-8-10-24-37(33)46/h1-29H. The molecule has 0 unspecified atom stereocenters. The Morgan fingerprint density at radius 3 is 1.72 bits per heavy atom. The Morgan fingerprint density at radius 2 is 0.980 bits per heavy atom. The third-order valence-electron chi connectivity index (χ3n) is 10.0. The normalized spacial score (nSPS) is 13.3. The molecule has 8 aromatic rings. The van der Waals surface area contributed by atoms with Gasteiger partial charge in [0.1, 0.15) is 0 Å². The molecule has 4 heteroatoms. The molecule has 10 rings (SSSR count). The molecule has 2 aliphatic rings. The Kier molecular flexibility index (Phi) is 6.64. The van der Waals surface area contributed by atoms with Gasteiger partial charge in [-0.25, -0.2) is 9.97 Å². The van der Waals surface area contributed by atoms with Crippen molar-refractivity contribution in [2.24, 2.45) is 0 Å². The van der Waals surface area contributed by atoms with Crippen LogP contribution in [0.3, 0.4) is 0 Å². The predicted molar refractivity (Wildman–Crippen MR) is 203 cm³/mol. The van der Waals surface area contributed by atoms with Crippen LogP contribution in [-0.2, 0) is 5.41 Å². The fourth-order valence-corrected chi connectivity index (χ4v) is 9.25. The maximum Gasteiger partial charge on any atom is 0.160 e. The summed E-state index contributed by atoms with van der Waals surface area (Å²) >= 11 is 1.85. The second-order valence-corrected chi connectivity index (χ2v) is 13.8.